The molecule has 4 rings (SSSR count). The van der Waals surface area contributed by atoms with Gasteiger partial charge in [0.2, 0.25) is 17.7 Å². The lowest BCUT2D eigenvalue weighted by molar-refractivity contribution is -0.143. The summed E-state index contributed by atoms with van der Waals surface area (Å²) in [7, 11) is 0. The quantitative estimate of drug-likeness (QED) is 0.651. The van der Waals surface area contributed by atoms with Crippen molar-refractivity contribution in [2.24, 2.45) is 5.92 Å². The Morgan fingerprint density at radius 1 is 1.28 bits per heavy atom. The number of hydrogen-bond acceptors (Lipinski definition) is 7. The number of rotatable bonds is 7. The molecule has 1 saturated carbocycles. The van der Waals surface area contributed by atoms with Crippen LogP contribution in [0.3, 0.4) is 0 Å². The molecule has 174 valence electrons. The lowest BCUT2D eigenvalue weighted by Gasteiger charge is -2.39. The summed E-state index contributed by atoms with van der Waals surface area (Å²) in [5, 5.41) is 5.27. The zero-order chi connectivity index (χ0) is 22.9. The van der Waals surface area contributed by atoms with Crippen LogP contribution in [0, 0.1) is 5.92 Å². The van der Waals surface area contributed by atoms with E-state index in [9.17, 15) is 18.0 Å². The molecule has 0 spiro atoms. The summed E-state index contributed by atoms with van der Waals surface area (Å²) in [5.74, 6) is -1.58. The van der Waals surface area contributed by atoms with Gasteiger partial charge in [0.15, 0.2) is 10.8 Å². The molecule has 11 heteroatoms. The Balaban J connectivity index is 1.49. The van der Waals surface area contributed by atoms with Gasteiger partial charge in [-0.05, 0) is 12.8 Å². The minimum absolute atomic E-state index is 0.0742. The van der Waals surface area contributed by atoms with Gasteiger partial charge in [-0.2, -0.15) is 4.98 Å². The van der Waals surface area contributed by atoms with E-state index in [1.54, 1.807) is 16.3 Å². The Morgan fingerprint density at radius 2 is 2.00 bits per heavy atom. The molecular weight excluding hydrogens is 443 g/mol. The van der Waals surface area contributed by atoms with Gasteiger partial charge in [0, 0.05) is 36.2 Å². The van der Waals surface area contributed by atoms with Gasteiger partial charge in [0.1, 0.15) is 18.6 Å². The number of nitrogens with one attached hydrogen (secondary N) is 1. The van der Waals surface area contributed by atoms with E-state index in [1.807, 2.05) is 13.8 Å². The highest BCUT2D eigenvalue weighted by Gasteiger charge is 2.36. The number of ether oxygens (including phenoxy) is 1. The number of carbonyl (C=O) groups excluding carboxylic acids is 1. The minimum atomic E-state index is -2.61. The standard InChI is InChI=1S/C21H26F3N5O2S/c1-12(2)20(30)29-9-15(10-29)31-17-7-16(25-13-3-5-21(23,24)6-4-13)27-18(28-17)19-26-14(8-22)11-32-19/h7,11-13,15H,3-6,8-10H2,1-2H3,(H,25,27,28). The summed E-state index contributed by atoms with van der Waals surface area (Å²) in [6, 6.07) is 1.50. The molecule has 32 heavy (non-hydrogen) atoms. The number of aromatic nitrogens is 3. The van der Waals surface area contributed by atoms with Gasteiger partial charge in [0.05, 0.1) is 18.8 Å². The van der Waals surface area contributed by atoms with Crippen molar-refractivity contribution in [3.63, 3.8) is 0 Å². The SMILES string of the molecule is CC(C)C(=O)N1CC(Oc2cc(NC3CCC(F)(F)CC3)nc(-c3nc(CF)cs3)n2)C1. The maximum Gasteiger partial charge on any atom is 0.248 e. The van der Waals surface area contributed by atoms with E-state index >= 15 is 0 Å². The third-order valence-electron chi connectivity index (χ3n) is 5.59. The Labute approximate surface area is 188 Å². The number of nitrogens with zero attached hydrogens (tertiary/aromatic N) is 4. The summed E-state index contributed by atoms with van der Waals surface area (Å²) in [6.07, 6.45) is 0.140. The molecule has 0 atom stereocenters. The van der Waals surface area contributed by atoms with E-state index in [1.165, 1.54) is 11.3 Å². The predicted molar refractivity (Wildman–Crippen MR) is 115 cm³/mol. The molecule has 1 aliphatic carbocycles. The molecule has 3 heterocycles. The monoisotopic (exact) mass is 469 g/mol. The maximum absolute atomic E-state index is 13.5. The third kappa shape index (κ3) is 5.31. The Hall–Kier alpha value is -2.43. The molecule has 1 aliphatic heterocycles. The highest BCUT2D eigenvalue weighted by atomic mass is 32.1. The second-order valence-electron chi connectivity index (χ2n) is 8.60. The first-order valence-corrected chi connectivity index (χ1v) is 11.6. The average Bonchev–Trinajstić information content (AvgIpc) is 3.21. The molecule has 1 N–H and O–H groups in total. The summed E-state index contributed by atoms with van der Waals surface area (Å²) >= 11 is 1.23. The van der Waals surface area contributed by atoms with Crippen molar-refractivity contribution in [2.45, 2.75) is 64.3 Å². The largest absolute Gasteiger partial charge is 0.470 e. The molecule has 7 nitrogen and oxygen atoms in total. The van der Waals surface area contributed by atoms with Crippen LogP contribution in [-0.4, -0.2) is 56.9 Å². The fraction of sp³-hybridized carbons (Fsp3) is 0.619. The fourth-order valence-electron chi connectivity index (χ4n) is 3.75. The van der Waals surface area contributed by atoms with Crippen LogP contribution < -0.4 is 10.1 Å². The second-order valence-corrected chi connectivity index (χ2v) is 9.46. The van der Waals surface area contributed by atoms with Gasteiger partial charge in [-0.3, -0.25) is 4.79 Å². The fourth-order valence-corrected chi connectivity index (χ4v) is 4.48. The zero-order valence-corrected chi connectivity index (χ0v) is 18.8. The second kappa shape index (κ2) is 9.21. The third-order valence-corrected chi connectivity index (χ3v) is 6.48. The van der Waals surface area contributed by atoms with Crippen molar-refractivity contribution in [3.05, 3.63) is 17.1 Å². The van der Waals surface area contributed by atoms with Crippen LogP contribution in [0.1, 0.15) is 45.2 Å². The van der Waals surface area contributed by atoms with Crippen LogP contribution in [0.4, 0.5) is 19.0 Å². The summed E-state index contributed by atoms with van der Waals surface area (Å²) in [5.41, 5.74) is 0.297. The molecule has 0 radical (unpaired) electrons. The molecule has 1 saturated heterocycles. The Kier molecular flexibility index (Phi) is 6.55. The van der Waals surface area contributed by atoms with Gasteiger partial charge in [0.25, 0.3) is 0 Å². The molecule has 1 amide bonds. The number of hydrogen-bond donors (Lipinski definition) is 1. The average molecular weight is 470 g/mol. The molecule has 2 aliphatic rings. The summed E-state index contributed by atoms with van der Waals surface area (Å²) < 4.78 is 45.9. The number of carbonyl (C=O) groups is 1. The number of alkyl halides is 3. The molecule has 2 aromatic heterocycles. The van der Waals surface area contributed by atoms with E-state index < -0.39 is 12.6 Å². The van der Waals surface area contributed by atoms with Gasteiger partial charge >= 0.3 is 0 Å². The Morgan fingerprint density at radius 3 is 2.62 bits per heavy atom. The van der Waals surface area contributed by atoms with Crippen LogP contribution >= 0.6 is 11.3 Å². The number of anilines is 1. The smallest absolute Gasteiger partial charge is 0.248 e. The number of amides is 1. The lowest BCUT2D eigenvalue weighted by Crippen LogP contribution is -2.57. The van der Waals surface area contributed by atoms with Crippen LogP contribution in [0.2, 0.25) is 0 Å². The summed E-state index contributed by atoms with van der Waals surface area (Å²) in [6.45, 7) is 3.97. The topological polar surface area (TPSA) is 80.2 Å². The number of thiazole rings is 1. The molecule has 2 fully saturated rings. The highest BCUT2D eigenvalue weighted by molar-refractivity contribution is 7.13. The van der Waals surface area contributed by atoms with E-state index in [-0.39, 0.29) is 42.6 Å². The maximum atomic E-state index is 13.5. The molecule has 2 aromatic rings. The summed E-state index contributed by atoms with van der Waals surface area (Å²) in [4.78, 5) is 26.9. The zero-order valence-electron chi connectivity index (χ0n) is 18.0. The number of halogens is 3. The van der Waals surface area contributed by atoms with Gasteiger partial charge in [-0.15, -0.1) is 11.3 Å². The number of likely N-dealkylation sites (tertiary alicyclic amines) is 1. The molecule has 0 unspecified atom stereocenters. The van der Waals surface area contributed by atoms with Gasteiger partial charge in [-0.1, -0.05) is 13.8 Å². The van der Waals surface area contributed by atoms with Crippen molar-refractivity contribution in [2.75, 3.05) is 18.4 Å². The highest BCUT2D eigenvalue weighted by Crippen LogP contribution is 2.35. The normalized spacial score (nSPS) is 19.1. The first-order chi connectivity index (χ1) is 15.2. The van der Waals surface area contributed by atoms with Crippen molar-refractivity contribution in [1.29, 1.82) is 0 Å². The Bertz CT molecular complexity index is 955. The van der Waals surface area contributed by atoms with Crippen molar-refractivity contribution >= 4 is 23.1 Å². The lowest BCUT2D eigenvalue weighted by atomic mass is 9.92. The van der Waals surface area contributed by atoms with E-state index in [4.69, 9.17) is 4.74 Å². The first kappa shape index (κ1) is 22.8. The van der Waals surface area contributed by atoms with Crippen LogP contribution in [0.25, 0.3) is 10.8 Å². The first-order valence-electron chi connectivity index (χ1n) is 10.7. The van der Waals surface area contributed by atoms with Crippen molar-refractivity contribution < 1.29 is 22.7 Å². The van der Waals surface area contributed by atoms with E-state index in [0.717, 1.165) is 0 Å². The van der Waals surface area contributed by atoms with Gasteiger partial charge < -0.3 is 15.0 Å². The van der Waals surface area contributed by atoms with E-state index in [2.05, 4.69) is 20.3 Å². The molecule has 0 bridgehead atoms. The van der Waals surface area contributed by atoms with Crippen LogP contribution in [0.5, 0.6) is 5.88 Å². The van der Waals surface area contributed by atoms with E-state index in [0.29, 0.717) is 48.3 Å². The molecule has 0 aromatic carbocycles. The minimum Gasteiger partial charge on any atom is -0.470 e. The molecular formula is C21H26F3N5O2S. The van der Waals surface area contributed by atoms with Crippen LogP contribution in [0.15, 0.2) is 11.4 Å². The predicted octanol–water partition coefficient (Wildman–Crippen LogP) is 4.31. The van der Waals surface area contributed by atoms with Crippen molar-refractivity contribution in [1.82, 2.24) is 19.9 Å². The van der Waals surface area contributed by atoms with Crippen molar-refractivity contribution in [3.8, 4) is 16.7 Å². The van der Waals surface area contributed by atoms with Gasteiger partial charge in [-0.25, -0.2) is 23.1 Å². The van der Waals surface area contributed by atoms with Crippen LogP contribution in [-0.2, 0) is 11.5 Å².